The molecule has 1 aliphatic heterocycles. The third kappa shape index (κ3) is 8.46. The van der Waals surface area contributed by atoms with Crippen molar-refractivity contribution in [3.63, 3.8) is 0 Å². The fraction of sp³-hybridized carbons (Fsp3) is 0.103. The molecule has 0 unspecified atom stereocenters. The summed E-state index contributed by atoms with van der Waals surface area (Å²) in [6.07, 6.45) is 0. The highest BCUT2D eigenvalue weighted by atomic mass is 35.5. The molecule has 77 heavy (non-hydrogen) atoms. The average Bonchev–Trinajstić information content (AvgIpc) is 3.96. The summed E-state index contributed by atoms with van der Waals surface area (Å²) in [4.78, 5) is 24.2. The third-order valence-corrected chi connectivity index (χ3v) is 15.8. The van der Waals surface area contributed by atoms with Crippen LogP contribution in [-0.2, 0) is 14.7 Å². The van der Waals surface area contributed by atoms with Crippen LogP contribution in [0.3, 0.4) is 0 Å². The summed E-state index contributed by atoms with van der Waals surface area (Å²) in [6, 6.07) is 82.7. The Morgan fingerprint density at radius 1 is 0.351 bits per heavy atom. The molecule has 1 fully saturated rings. The van der Waals surface area contributed by atoms with Crippen molar-refractivity contribution in [3.8, 4) is 90.1 Å². The van der Waals surface area contributed by atoms with Gasteiger partial charge in [-0.15, -0.1) is 0 Å². The van der Waals surface area contributed by atoms with Crippen LogP contribution in [0.25, 0.3) is 90.1 Å². The number of rotatable bonds is 10. The first-order chi connectivity index (χ1) is 37.5. The molecule has 1 saturated heterocycles. The van der Waals surface area contributed by atoms with Crippen molar-refractivity contribution < 1.29 is 9.31 Å². The maximum atomic E-state index is 7.07. The van der Waals surface area contributed by atoms with E-state index in [0.29, 0.717) is 17.5 Å². The largest absolute Gasteiger partial charge is 0.496 e. The van der Waals surface area contributed by atoms with Crippen molar-refractivity contribution >= 4 is 24.2 Å². The summed E-state index contributed by atoms with van der Waals surface area (Å²) in [5.41, 5.74) is 16.7. The molecule has 0 radical (unpaired) electrons. The molecule has 0 bridgehead atoms. The molecule has 0 N–H and O–H groups in total. The lowest BCUT2D eigenvalue weighted by atomic mass is 9.65. The third-order valence-electron chi connectivity index (χ3n) is 15.7. The highest BCUT2D eigenvalue weighted by Gasteiger charge is 2.55. The lowest BCUT2D eigenvalue weighted by Crippen LogP contribution is -2.41. The quantitative estimate of drug-likeness (QED) is 0.126. The molecule has 3 heterocycles. The van der Waals surface area contributed by atoms with Crippen LogP contribution in [0.5, 0.6) is 0 Å². The maximum absolute atomic E-state index is 7.07. The van der Waals surface area contributed by atoms with Gasteiger partial charge in [0.15, 0.2) is 17.5 Å². The summed E-state index contributed by atoms with van der Waals surface area (Å²) in [6.45, 7) is 8.51. The van der Waals surface area contributed by atoms with E-state index < -0.39 is 23.7 Å². The monoisotopic (exact) mass is 1020 g/mol. The van der Waals surface area contributed by atoms with E-state index in [1.54, 1.807) is 0 Å². The first kappa shape index (κ1) is 48.0. The first-order valence-corrected chi connectivity index (χ1v) is 26.4. The van der Waals surface area contributed by atoms with E-state index in [1.165, 1.54) is 27.8 Å². The van der Waals surface area contributed by atoms with E-state index in [9.17, 15) is 0 Å². The fourth-order valence-corrected chi connectivity index (χ4v) is 11.3. The minimum absolute atomic E-state index is 0.138. The number of benzene rings is 9. The van der Waals surface area contributed by atoms with Gasteiger partial charge in [0.2, 0.25) is 5.28 Å². The van der Waals surface area contributed by atoms with E-state index in [-0.39, 0.29) is 5.28 Å². The molecule has 9 aromatic carbocycles. The maximum Gasteiger partial charge on any atom is 0.496 e. The summed E-state index contributed by atoms with van der Waals surface area (Å²) < 4.78 is 14.1. The highest BCUT2D eigenvalue weighted by Crippen LogP contribution is 2.57. The van der Waals surface area contributed by atoms with Gasteiger partial charge in [0.25, 0.3) is 0 Å². The fourth-order valence-electron chi connectivity index (χ4n) is 11.2. The number of hydrogen-bond donors (Lipinski definition) is 0. The number of halogens is 1. The Hall–Kier alpha value is -8.66. The van der Waals surface area contributed by atoms with Gasteiger partial charge in [-0.1, -0.05) is 218 Å². The highest BCUT2D eigenvalue weighted by molar-refractivity contribution is 6.66. The van der Waals surface area contributed by atoms with E-state index in [0.717, 1.165) is 72.5 Å². The zero-order valence-electron chi connectivity index (χ0n) is 43.0. The normalized spacial score (nSPS) is 14.7. The Kier molecular flexibility index (Phi) is 12.0. The van der Waals surface area contributed by atoms with Gasteiger partial charge in [-0.2, -0.15) is 9.97 Å². The summed E-state index contributed by atoms with van der Waals surface area (Å²) in [5.74, 6) is 1.65. The van der Waals surface area contributed by atoms with Crippen LogP contribution < -0.4 is 5.46 Å². The molecule has 370 valence electrons. The van der Waals surface area contributed by atoms with Crippen LogP contribution in [0.2, 0.25) is 5.28 Å². The smallest absolute Gasteiger partial charge is 0.399 e. The van der Waals surface area contributed by atoms with E-state index in [4.69, 9.17) is 35.9 Å². The van der Waals surface area contributed by atoms with Crippen LogP contribution in [0.15, 0.2) is 237 Å². The second-order valence-electron chi connectivity index (χ2n) is 20.7. The summed E-state index contributed by atoms with van der Waals surface area (Å²) in [5, 5.41) is 0.138. The molecule has 11 aromatic rings. The molecule has 1 aliphatic carbocycles. The molecular formula is C68H51BClN5O2. The topological polar surface area (TPSA) is 82.9 Å². The van der Waals surface area contributed by atoms with Crippen LogP contribution in [0.4, 0.5) is 0 Å². The Bertz CT molecular complexity index is 3950. The van der Waals surface area contributed by atoms with E-state index in [2.05, 4.69) is 214 Å². The standard InChI is InChI=1S/C68H51BClN5O2/c1-66(2)67(3,4)77-69(76-66)61-54(39-40-57-60(61)55-33-17-18-34-56(55)68(57,52-29-13-7-14-30-52)53-31-15-8-16-32-53)44-35-37-45(38-36-44)58-43-59(72-62(71-58)46-21-9-5-10-22-46)50-27-19-25-48(41-50)49-26-20-28-51(42-49)64-73-63(74-65(70)75-64)47-23-11-6-12-24-47/h5-43H,1-4H3. The summed E-state index contributed by atoms with van der Waals surface area (Å²) in [7, 11) is -0.647. The average molecular weight is 1020 g/mol. The van der Waals surface area contributed by atoms with Crippen molar-refractivity contribution in [3.05, 3.63) is 264 Å². The van der Waals surface area contributed by atoms with Crippen molar-refractivity contribution in [2.45, 2.75) is 44.3 Å². The Labute approximate surface area is 454 Å². The van der Waals surface area contributed by atoms with Gasteiger partial charge in [-0.05, 0) is 119 Å². The number of aromatic nitrogens is 5. The van der Waals surface area contributed by atoms with Gasteiger partial charge in [0, 0.05) is 27.8 Å². The second kappa shape index (κ2) is 19.2. The van der Waals surface area contributed by atoms with Crippen LogP contribution >= 0.6 is 11.6 Å². The van der Waals surface area contributed by atoms with Gasteiger partial charge in [0.1, 0.15) is 0 Å². The van der Waals surface area contributed by atoms with Crippen molar-refractivity contribution in [1.29, 1.82) is 0 Å². The molecular weight excluding hydrogens is 965 g/mol. The Balaban J connectivity index is 0.916. The van der Waals surface area contributed by atoms with Gasteiger partial charge in [0.05, 0.1) is 28.0 Å². The van der Waals surface area contributed by atoms with Gasteiger partial charge >= 0.3 is 7.12 Å². The number of fused-ring (bicyclic) bond motifs is 3. The lowest BCUT2D eigenvalue weighted by Gasteiger charge is -2.34. The number of hydrogen-bond acceptors (Lipinski definition) is 7. The Morgan fingerprint density at radius 3 is 1.40 bits per heavy atom. The van der Waals surface area contributed by atoms with Gasteiger partial charge in [-0.25, -0.2) is 15.0 Å². The first-order valence-electron chi connectivity index (χ1n) is 26.0. The zero-order chi connectivity index (χ0) is 52.3. The van der Waals surface area contributed by atoms with Gasteiger partial charge < -0.3 is 9.31 Å². The minimum Gasteiger partial charge on any atom is -0.399 e. The summed E-state index contributed by atoms with van der Waals surface area (Å²) >= 11 is 6.49. The second-order valence-corrected chi connectivity index (χ2v) is 21.1. The van der Waals surface area contributed by atoms with Crippen molar-refractivity contribution in [2.75, 3.05) is 0 Å². The molecule has 13 rings (SSSR count). The molecule has 0 amide bonds. The van der Waals surface area contributed by atoms with Crippen molar-refractivity contribution in [1.82, 2.24) is 24.9 Å². The molecule has 2 aromatic heterocycles. The lowest BCUT2D eigenvalue weighted by molar-refractivity contribution is 0.00578. The van der Waals surface area contributed by atoms with Gasteiger partial charge in [-0.3, -0.25) is 0 Å². The van der Waals surface area contributed by atoms with Crippen molar-refractivity contribution in [2.24, 2.45) is 0 Å². The van der Waals surface area contributed by atoms with E-state index >= 15 is 0 Å². The minimum atomic E-state index is -0.647. The van der Waals surface area contributed by atoms with Crippen LogP contribution in [0.1, 0.15) is 49.9 Å². The molecule has 0 saturated carbocycles. The SMILES string of the molecule is CC1(C)OB(c2c(-c3ccc(-c4cc(-c5cccc(-c6cccc(-c7nc(Cl)nc(-c8ccccc8)n7)c6)c5)nc(-c5ccccc5)n4)cc3)ccc3c2-c2ccccc2C3(c2ccccc2)c2ccccc2)OC1(C)C. The molecule has 9 heteroatoms. The zero-order valence-corrected chi connectivity index (χ0v) is 43.8. The Morgan fingerprint density at radius 2 is 0.805 bits per heavy atom. The molecule has 0 spiro atoms. The molecule has 7 nitrogen and oxygen atoms in total. The van der Waals surface area contributed by atoms with Crippen LogP contribution in [0, 0.1) is 0 Å². The number of nitrogens with zero attached hydrogens (tertiary/aromatic N) is 5. The van der Waals surface area contributed by atoms with Crippen LogP contribution in [-0.4, -0.2) is 43.2 Å². The predicted octanol–water partition coefficient (Wildman–Crippen LogP) is 15.6. The molecule has 2 aliphatic rings. The van der Waals surface area contributed by atoms with E-state index in [1.807, 2.05) is 60.7 Å². The molecule has 0 atom stereocenters. The predicted molar refractivity (Wildman–Crippen MR) is 311 cm³/mol.